The Balaban J connectivity index is 1.81. The highest BCUT2D eigenvalue weighted by atomic mass is 32.2. The highest BCUT2D eigenvalue weighted by molar-refractivity contribution is 7.99. The minimum absolute atomic E-state index is 0.0734. The number of rotatable bonds is 5. The van der Waals surface area contributed by atoms with Gasteiger partial charge in [-0.3, -0.25) is 14.2 Å². The summed E-state index contributed by atoms with van der Waals surface area (Å²) in [5, 5.41) is 4.12. The molecule has 0 atom stereocenters. The Kier molecular flexibility index (Phi) is 5.42. The number of anilines is 1. The molecular formula is C20H21N3O2S. The van der Waals surface area contributed by atoms with Gasteiger partial charge in [-0.15, -0.1) is 0 Å². The van der Waals surface area contributed by atoms with Crippen molar-refractivity contribution in [1.29, 1.82) is 0 Å². The van der Waals surface area contributed by atoms with Crippen LogP contribution in [0.2, 0.25) is 0 Å². The molecule has 5 nitrogen and oxygen atoms in total. The lowest BCUT2D eigenvalue weighted by atomic mass is 10.1. The summed E-state index contributed by atoms with van der Waals surface area (Å²) in [5.41, 5.74) is 3.48. The van der Waals surface area contributed by atoms with Crippen molar-refractivity contribution in [1.82, 2.24) is 9.55 Å². The summed E-state index contributed by atoms with van der Waals surface area (Å²) in [6.45, 7) is 6.35. The predicted molar refractivity (Wildman–Crippen MR) is 107 cm³/mol. The predicted octanol–water partition coefficient (Wildman–Crippen LogP) is 3.76. The summed E-state index contributed by atoms with van der Waals surface area (Å²) in [6, 6.07) is 13.2. The maximum absolute atomic E-state index is 12.6. The molecule has 0 aliphatic rings. The Morgan fingerprint density at radius 3 is 2.50 bits per heavy atom. The van der Waals surface area contributed by atoms with Crippen molar-refractivity contribution in [2.24, 2.45) is 0 Å². The lowest BCUT2D eigenvalue weighted by Crippen LogP contribution is -2.23. The van der Waals surface area contributed by atoms with Crippen LogP contribution < -0.4 is 10.9 Å². The molecule has 0 radical (unpaired) electrons. The summed E-state index contributed by atoms with van der Waals surface area (Å²) in [4.78, 5) is 29.6. The lowest BCUT2D eigenvalue weighted by molar-refractivity contribution is -0.113. The Hall–Kier alpha value is -2.60. The number of carbonyl (C=O) groups is 1. The first-order valence-electron chi connectivity index (χ1n) is 8.49. The van der Waals surface area contributed by atoms with Crippen molar-refractivity contribution in [3.8, 4) is 0 Å². The van der Waals surface area contributed by atoms with E-state index in [0.29, 0.717) is 22.6 Å². The van der Waals surface area contributed by atoms with E-state index in [1.807, 2.05) is 57.2 Å². The van der Waals surface area contributed by atoms with Crippen LogP contribution in [-0.2, 0) is 11.3 Å². The fourth-order valence-corrected chi connectivity index (χ4v) is 3.72. The number of hydrogen-bond acceptors (Lipinski definition) is 4. The van der Waals surface area contributed by atoms with Gasteiger partial charge in [0.2, 0.25) is 5.91 Å². The third-order valence-corrected chi connectivity index (χ3v) is 5.20. The van der Waals surface area contributed by atoms with Gasteiger partial charge in [-0.05, 0) is 44.0 Å². The van der Waals surface area contributed by atoms with Crippen molar-refractivity contribution >= 4 is 34.3 Å². The number of nitrogens with zero attached hydrogens (tertiary/aromatic N) is 2. The molecule has 26 heavy (non-hydrogen) atoms. The molecule has 0 aliphatic carbocycles. The number of benzene rings is 2. The third-order valence-electron chi connectivity index (χ3n) is 4.22. The smallest absolute Gasteiger partial charge is 0.262 e. The van der Waals surface area contributed by atoms with E-state index in [1.54, 1.807) is 10.6 Å². The Morgan fingerprint density at radius 2 is 1.81 bits per heavy atom. The molecule has 1 heterocycles. The number of fused-ring (bicyclic) bond motifs is 1. The SMILES string of the molecule is CCn1c(SCC(=O)Nc2c(C)cccc2C)nc2ccccc2c1=O. The first-order valence-corrected chi connectivity index (χ1v) is 9.48. The van der Waals surface area contributed by atoms with Crippen LogP contribution in [0.15, 0.2) is 52.4 Å². The van der Waals surface area contributed by atoms with Crippen LogP contribution in [0.25, 0.3) is 10.9 Å². The van der Waals surface area contributed by atoms with E-state index in [1.165, 1.54) is 11.8 Å². The number of aryl methyl sites for hydroxylation is 2. The zero-order valence-corrected chi connectivity index (χ0v) is 15.9. The first-order chi connectivity index (χ1) is 12.5. The summed E-state index contributed by atoms with van der Waals surface area (Å²) in [5.74, 6) is 0.0795. The van der Waals surface area contributed by atoms with Crippen LogP contribution in [0.3, 0.4) is 0 Å². The number of para-hydroxylation sites is 2. The molecule has 2 aromatic carbocycles. The van der Waals surface area contributed by atoms with Crippen LogP contribution in [-0.4, -0.2) is 21.2 Å². The zero-order chi connectivity index (χ0) is 18.7. The molecule has 0 aliphatic heterocycles. The number of thioether (sulfide) groups is 1. The Bertz CT molecular complexity index is 1010. The van der Waals surface area contributed by atoms with Gasteiger partial charge in [0.25, 0.3) is 5.56 Å². The monoisotopic (exact) mass is 367 g/mol. The summed E-state index contributed by atoms with van der Waals surface area (Å²) >= 11 is 1.28. The largest absolute Gasteiger partial charge is 0.325 e. The minimum Gasteiger partial charge on any atom is -0.325 e. The lowest BCUT2D eigenvalue weighted by Gasteiger charge is -2.13. The second-order valence-electron chi connectivity index (χ2n) is 6.06. The number of aromatic nitrogens is 2. The molecule has 6 heteroatoms. The molecule has 3 rings (SSSR count). The number of nitrogens with one attached hydrogen (secondary N) is 1. The fraction of sp³-hybridized carbons (Fsp3) is 0.250. The second-order valence-corrected chi connectivity index (χ2v) is 7.01. The van der Waals surface area contributed by atoms with Crippen molar-refractivity contribution in [3.63, 3.8) is 0 Å². The summed E-state index contributed by atoms with van der Waals surface area (Å²) in [7, 11) is 0. The van der Waals surface area contributed by atoms with Gasteiger partial charge in [-0.25, -0.2) is 4.98 Å². The molecule has 0 saturated heterocycles. The highest BCUT2D eigenvalue weighted by Crippen LogP contribution is 2.21. The van der Waals surface area contributed by atoms with Crippen molar-refractivity contribution < 1.29 is 4.79 Å². The second kappa shape index (κ2) is 7.74. The van der Waals surface area contributed by atoms with E-state index in [0.717, 1.165) is 16.8 Å². The normalized spacial score (nSPS) is 10.9. The van der Waals surface area contributed by atoms with Crippen LogP contribution in [0.1, 0.15) is 18.1 Å². The van der Waals surface area contributed by atoms with Crippen LogP contribution in [0.5, 0.6) is 0 Å². The molecule has 0 unspecified atom stereocenters. The van der Waals surface area contributed by atoms with E-state index in [4.69, 9.17) is 0 Å². The van der Waals surface area contributed by atoms with Crippen LogP contribution >= 0.6 is 11.8 Å². The van der Waals surface area contributed by atoms with Crippen molar-refractivity contribution in [3.05, 3.63) is 63.9 Å². The van der Waals surface area contributed by atoms with Gasteiger partial charge < -0.3 is 5.32 Å². The van der Waals surface area contributed by atoms with Gasteiger partial charge in [0.1, 0.15) is 0 Å². The van der Waals surface area contributed by atoms with Gasteiger partial charge >= 0.3 is 0 Å². The average Bonchev–Trinajstić information content (AvgIpc) is 2.63. The van der Waals surface area contributed by atoms with E-state index in [2.05, 4.69) is 10.3 Å². The highest BCUT2D eigenvalue weighted by Gasteiger charge is 2.13. The molecule has 3 aromatic rings. The summed E-state index contributed by atoms with van der Waals surface area (Å²) in [6.07, 6.45) is 0. The molecule has 134 valence electrons. The molecule has 1 amide bonds. The van der Waals surface area contributed by atoms with Gasteiger partial charge in [0, 0.05) is 12.2 Å². The summed E-state index contributed by atoms with van der Waals surface area (Å²) < 4.78 is 1.61. The van der Waals surface area contributed by atoms with Crippen LogP contribution in [0.4, 0.5) is 5.69 Å². The van der Waals surface area contributed by atoms with Gasteiger partial charge in [-0.1, -0.05) is 42.1 Å². The molecule has 1 aromatic heterocycles. The number of hydrogen-bond donors (Lipinski definition) is 1. The minimum atomic E-state index is -0.113. The van der Waals surface area contributed by atoms with E-state index in [9.17, 15) is 9.59 Å². The fourth-order valence-electron chi connectivity index (χ4n) is 2.85. The molecular weight excluding hydrogens is 346 g/mol. The maximum atomic E-state index is 12.6. The number of amides is 1. The van der Waals surface area contributed by atoms with E-state index < -0.39 is 0 Å². The zero-order valence-electron chi connectivity index (χ0n) is 15.1. The van der Waals surface area contributed by atoms with Gasteiger partial charge in [-0.2, -0.15) is 0 Å². The molecule has 0 bridgehead atoms. The van der Waals surface area contributed by atoms with E-state index in [-0.39, 0.29) is 17.2 Å². The molecule has 1 N–H and O–H groups in total. The van der Waals surface area contributed by atoms with Crippen LogP contribution in [0, 0.1) is 13.8 Å². The molecule has 0 spiro atoms. The van der Waals surface area contributed by atoms with E-state index >= 15 is 0 Å². The topological polar surface area (TPSA) is 64.0 Å². The molecule has 0 saturated carbocycles. The first kappa shape index (κ1) is 18.2. The third kappa shape index (κ3) is 3.65. The standard InChI is InChI=1S/C20H21N3O2S/c1-4-23-19(25)15-10-5-6-11-16(15)21-20(23)26-12-17(24)22-18-13(2)8-7-9-14(18)3/h5-11H,4,12H2,1-3H3,(H,22,24). The average molecular weight is 367 g/mol. The van der Waals surface area contributed by atoms with Gasteiger partial charge in [0.05, 0.1) is 16.7 Å². The quantitative estimate of drug-likeness (QED) is 0.551. The van der Waals surface area contributed by atoms with Crippen molar-refractivity contribution in [2.45, 2.75) is 32.5 Å². The van der Waals surface area contributed by atoms with Crippen molar-refractivity contribution in [2.75, 3.05) is 11.1 Å². The number of carbonyl (C=O) groups excluding carboxylic acids is 1. The maximum Gasteiger partial charge on any atom is 0.262 e. The molecule has 0 fully saturated rings. The Morgan fingerprint density at radius 1 is 1.12 bits per heavy atom. The Labute approximate surface area is 156 Å². The van der Waals surface area contributed by atoms with Gasteiger partial charge in [0.15, 0.2) is 5.16 Å².